The molecule has 0 aliphatic rings. The zero-order valence-corrected chi connectivity index (χ0v) is 8.23. The number of hydrogen-bond donors (Lipinski definition) is 1. The van der Waals surface area contributed by atoms with Crippen molar-refractivity contribution in [3.8, 4) is 0 Å². The Morgan fingerprint density at radius 2 is 2.33 bits per heavy atom. The van der Waals surface area contributed by atoms with Gasteiger partial charge in [-0.1, -0.05) is 0 Å². The Labute approximate surface area is 77.0 Å². The summed E-state index contributed by atoms with van der Waals surface area (Å²) >= 11 is 1.67. The molecule has 0 aliphatic heterocycles. The summed E-state index contributed by atoms with van der Waals surface area (Å²) in [5, 5.41) is 9.39. The molecule has 0 saturated heterocycles. The van der Waals surface area contributed by atoms with E-state index in [2.05, 4.69) is 0 Å². The van der Waals surface area contributed by atoms with E-state index < -0.39 is 5.60 Å². The summed E-state index contributed by atoms with van der Waals surface area (Å²) in [6.45, 7) is 3.62. The zero-order valence-electron chi connectivity index (χ0n) is 7.41. The molecule has 1 aromatic rings. The molecule has 3 heteroatoms. The topological polar surface area (TPSA) is 33.4 Å². The highest BCUT2D eigenvalue weighted by Gasteiger charge is 2.12. The van der Waals surface area contributed by atoms with Gasteiger partial charge in [-0.15, -0.1) is 0 Å². The van der Waals surface area contributed by atoms with Crippen molar-refractivity contribution >= 4 is 11.8 Å². The monoisotopic (exact) mass is 186 g/mol. The third kappa shape index (κ3) is 3.83. The Balaban J connectivity index is 2.20. The summed E-state index contributed by atoms with van der Waals surface area (Å²) < 4.78 is 5.15. The summed E-state index contributed by atoms with van der Waals surface area (Å²) in [5.74, 6) is 2.52. The van der Waals surface area contributed by atoms with Crippen LogP contribution in [0.2, 0.25) is 0 Å². The van der Waals surface area contributed by atoms with E-state index in [1.165, 1.54) is 0 Å². The fourth-order valence-corrected chi connectivity index (χ4v) is 1.76. The smallest absolute Gasteiger partial charge is 0.113 e. The lowest BCUT2D eigenvalue weighted by Gasteiger charge is -2.15. The molecule has 2 nitrogen and oxygen atoms in total. The van der Waals surface area contributed by atoms with Gasteiger partial charge >= 0.3 is 0 Å². The van der Waals surface area contributed by atoms with Gasteiger partial charge < -0.3 is 9.52 Å². The quantitative estimate of drug-likeness (QED) is 0.783. The van der Waals surface area contributed by atoms with E-state index in [1.807, 2.05) is 26.0 Å². The molecule has 0 unspecified atom stereocenters. The first-order chi connectivity index (χ1) is 5.58. The average Bonchev–Trinajstić information content (AvgIpc) is 2.36. The second-order valence-electron chi connectivity index (χ2n) is 3.38. The van der Waals surface area contributed by atoms with Gasteiger partial charge in [0.25, 0.3) is 0 Å². The maximum absolute atomic E-state index is 9.39. The minimum atomic E-state index is -0.586. The first-order valence-corrected chi connectivity index (χ1v) is 5.06. The minimum Gasteiger partial charge on any atom is -0.468 e. The molecular weight excluding hydrogens is 172 g/mol. The molecule has 0 bridgehead atoms. The summed E-state index contributed by atoms with van der Waals surface area (Å²) in [7, 11) is 0. The highest BCUT2D eigenvalue weighted by atomic mass is 32.2. The van der Waals surface area contributed by atoms with Crippen LogP contribution in [0, 0.1) is 0 Å². The molecule has 68 valence electrons. The molecule has 1 rings (SSSR count). The lowest BCUT2D eigenvalue weighted by atomic mass is 10.2. The summed E-state index contributed by atoms with van der Waals surface area (Å²) in [6.07, 6.45) is 1.67. The Bertz CT molecular complexity index is 211. The van der Waals surface area contributed by atoms with Gasteiger partial charge in [-0.05, 0) is 26.0 Å². The van der Waals surface area contributed by atoms with Gasteiger partial charge in [0.1, 0.15) is 5.76 Å². The lowest BCUT2D eigenvalue weighted by Crippen LogP contribution is -2.21. The van der Waals surface area contributed by atoms with E-state index in [0.717, 1.165) is 17.3 Å². The van der Waals surface area contributed by atoms with Crippen molar-refractivity contribution < 1.29 is 9.52 Å². The molecule has 0 aliphatic carbocycles. The van der Waals surface area contributed by atoms with Crippen molar-refractivity contribution in [3.05, 3.63) is 24.2 Å². The van der Waals surface area contributed by atoms with E-state index in [1.54, 1.807) is 18.0 Å². The number of thioether (sulfide) groups is 1. The second-order valence-corrected chi connectivity index (χ2v) is 4.37. The zero-order chi connectivity index (χ0) is 9.03. The number of rotatable bonds is 4. The van der Waals surface area contributed by atoms with Gasteiger partial charge in [-0.3, -0.25) is 0 Å². The van der Waals surface area contributed by atoms with Gasteiger partial charge in [0.15, 0.2) is 0 Å². The van der Waals surface area contributed by atoms with Crippen LogP contribution in [0.25, 0.3) is 0 Å². The van der Waals surface area contributed by atoms with E-state index in [-0.39, 0.29) is 0 Å². The van der Waals surface area contributed by atoms with Crippen molar-refractivity contribution in [3.63, 3.8) is 0 Å². The third-order valence-electron chi connectivity index (χ3n) is 1.28. The predicted octanol–water partition coefficient (Wildman–Crippen LogP) is 2.28. The van der Waals surface area contributed by atoms with Crippen LogP contribution in [0.15, 0.2) is 22.8 Å². The van der Waals surface area contributed by atoms with Gasteiger partial charge in [0, 0.05) is 5.75 Å². The van der Waals surface area contributed by atoms with E-state index in [4.69, 9.17) is 4.42 Å². The second kappa shape index (κ2) is 4.01. The molecule has 1 heterocycles. The third-order valence-corrected chi connectivity index (χ3v) is 2.68. The summed E-state index contributed by atoms with van der Waals surface area (Å²) in [5.41, 5.74) is -0.586. The number of hydrogen-bond acceptors (Lipinski definition) is 3. The number of furan rings is 1. The van der Waals surface area contributed by atoms with Crippen LogP contribution < -0.4 is 0 Å². The van der Waals surface area contributed by atoms with E-state index in [9.17, 15) is 5.11 Å². The first-order valence-electron chi connectivity index (χ1n) is 3.90. The maximum Gasteiger partial charge on any atom is 0.113 e. The molecule has 0 aromatic carbocycles. The van der Waals surface area contributed by atoms with E-state index >= 15 is 0 Å². The normalized spacial score (nSPS) is 11.9. The average molecular weight is 186 g/mol. The molecule has 0 atom stereocenters. The largest absolute Gasteiger partial charge is 0.468 e. The summed E-state index contributed by atoms with van der Waals surface area (Å²) in [6, 6.07) is 3.82. The van der Waals surface area contributed by atoms with Crippen LogP contribution in [0.1, 0.15) is 19.6 Å². The van der Waals surface area contributed by atoms with Crippen LogP contribution >= 0.6 is 11.8 Å². The first kappa shape index (κ1) is 9.68. The maximum atomic E-state index is 9.39. The fourth-order valence-electron chi connectivity index (χ4n) is 0.796. The SMILES string of the molecule is CC(C)(O)CSCc1ccco1. The van der Waals surface area contributed by atoms with Gasteiger partial charge in [-0.2, -0.15) is 11.8 Å². The van der Waals surface area contributed by atoms with Crippen LogP contribution in [0.5, 0.6) is 0 Å². The molecule has 0 fully saturated rings. The standard InChI is InChI=1S/C9H14O2S/c1-9(2,10)7-12-6-8-4-3-5-11-8/h3-5,10H,6-7H2,1-2H3. The molecule has 0 radical (unpaired) electrons. The van der Waals surface area contributed by atoms with Crippen molar-refractivity contribution in [1.29, 1.82) is 0 Å². The fraction of sp³-hybridized carbons (Fsp3) is 0.556. The van der Waals surface area contributed by atoms with Crippen molar-refractivity contribution in [2.24, 2.45) is 0 Å². The van der Waals surface area contributed by atoms with Gasteiger partial charge in [0.2, 0.25) is 0 Å². The molecule has 1 N–H and O–H groups in total. The Kier molecular flexibility index (Phi) is 3.23. The summed E-state index contributed by atoms with van der Waals surface area (Å²) in [4.78, 5) is 0. The Morgan fingerprint density at radius 3 is 2.83 bits per heavy atom. The molecular formula is C9H14O2S. The predicted molar refractivity (Wildman–Crippen MR) is 51.2 cm³/mol. The van der Waals surface area contributed by atoms with Crippen LogP contribution in [0.4, 0.5) is 0 Å². The van der Waals surface area contributed by atoms with Crippen LogP contribution in [-0.4, -0.2) is 16.5 Å². The number of aliphatic hydroxyl groups is 1. The molecule has 0 saturated carbocycles. The van der Waals surface area contributed by atoms with Crippen molar-refractivity contribution in [2.45, 2.75) is 25.2 Å². The molecule has 12 heavy (non-hydrogen) atoms. The minimum absolute atomic E-state index is 0.586. The van der Waals surface area contributed by atoms with Gasteiger partial charge in [-0.25, -0.2) is 0 Å². The van der Waals surface area contributed by atoms with Crippen molar-refractivity contribution in [1.82, 2.24) is 0 Å². The molecule has 0 spiro atoms. The van der Waals surface area contributed by atoms with Crippen molar-refractivity contribution in [2.75, 3.05) is 5.75 Å². The highest BCUT2D eigenvalue weighted by Crippen LogP contribution is 2.17. The van der Waals surface area contributed by atoms with Crippen LogP contribution in [-0.2, 0) is 5.75 Å². The van der Waals surface area contributed by atoms with Gasteiger partial charge in [0.05, 0.1) is 17.6 Å². The molecule has 1 aromatic heterocycles. The van der Waals surface area contributed by atoms with Crippen LogP contribution in [0.3, 0.4) is 0 Å². The Morgan fingerprint density at radius 1 is 1.58 bits per heavy atom. The lowest BCUT2D eigenvalue weighted by molar-refractivity contribution is 0.107. The van der Waals surface area contributed by atoms with E-state index in [0.29, 0.717) is 0 Å². The molecule has 0 amide bonds. The highest BCUT2D eigenvalue weighted by molar-refractivity contribution is 7.98. The Hall–Kier alpha value is -0.410.